The van der Waals surface area contributed by atoms with Gasteiger partial charge in [-0.1, -0.05) is 48.5 Å². The van der Waals surface area contributed by atoms with E-state index in [2.05, 4.69) is 10.6 Å². The highest BCUT2D eigenvalue weighted by molar-refractivity contribution is 6.09. The van der Waals surface area contributed by atoms with Gasteiger partial charge in [0.05, 0.1) is 10.5 Å². The first-order valence-electron chi connectivity index (χ1n) is 10.5. The average molecular weight is 455 g/mol. The second kappa shape index (κ2) is 9.83. The first-order valence-corrected chi connectivity index (χ1v) is 10.5. The molecule has 0 spiro atoms. The van der Waals surface area contributed by atoms with Crippen LogP contribution >= 0.6 is 0 Å². The van der Waals surface area contributed by atoms with E-state index in [1.165, 1.54) is 18.2 Å². The number of non-ortho nitro benzene ring substituents is 1. The van der Waals surface area contributed by atoms with E-state index in [0.29, 0.717) is 5.69 Å². The highest BCUT2D eigenvalue weighted by Gasteiger charge is 2.17. The van der Waals surface area contributed by atoms with E-state index in [9.17, 15) is 19.7 Å². The number of nitro groups is 1. The van der Waals surface area contributed by atoms with E-state index < -0.39 is 10.8 Å². The van der Waals surface area contributed by atoms with Crippen molar-refractivity contribution >= 4 is 39.6 Å². The van der Waals surface area contributed by atoms with Crippen molar-refractivity contribution in [3.05, 3.63) is 106 Å². The minimum Gasteiger partial charge on any atom is -0.483 e. The minimum absolute atomic E-state index is 0.136. The van der Waals surface area contributed by atoms with Gasteiger partial charge in [-0.05, 0) is 47.5 Å². The normalized spacial score (nSPS) is 10.5. The van der Waals surface area contributed by atoms with Crippen LogP contribution in [-0.2, 0) is 4.79 Å². The van der Waals surface area contributed by atoms with Crippen molar-refractivity contribution in [2.75, 3.05) is 17.2 Å². The summed E-state index contributed by atoms with van der Waals surface area (Å²) in [6.45, 7) is 1.51. The predicted octanol–water partition coefficient (Wildman–Crippen LogP) is 5.33. The molecule has 4 aromatic rings. The monoisotopic (exact) mass is 455 g/mol. The van der Waals surface area contributed by atoms with Crippen molar-refractivity contribution in [1.29, 1.82) is 0 Å². The molecule has 0 aromatic heterocycles. The molecular weight excluding hydrogens is 434 g/mol. The molecule has 0 saturated heterocycles. The van der Waals surface area contributed by atoms with E-state index in [4.69, 9.17) is 4.74 Å². The van der Waals surface area contributed by atoms with Crippen molar-refractivity contribution in [2.45, 2.75) is 6.92 Å². The maximum absolute atomic E-state index is 13.1. The summed E-state index contributed by atoms with van der Waals surface area (Å²) in [5, 5.41) is 18.1. The SMILES string of the molecule is Cc1ccccc1NC(=O)c1cc2ccccc2cc1OCC(=O)Nc1cccc([N+](=O)[O-])c1. The summed E-state index contributed by atoms with van der Waals surface area (Å²) < 4.78 is 5.74. The highest BCUT2D eigenvalue weighted by Crippen LogP contribution is 2.28. The predicted molar refractivity (Wildman–Crippen MR) is 130 cm³/mol. The number of hydrogen-bond acceptors (Lipinski definition) is 5. The molecule has 0 aliphatic rings. The molecule has 4 rings (SSSR count). The van der Waals surface area contributed by atoms with Gasteiger partial charge in [0.2, 0.25) is 0 Å². The van der Waals surface area contributed by atoms with Gasteiger partial charge in [0, 0.05) is 23.5 Å². The van der Waals surface area contributed by atoms with Crippen LogP contribution in [0.4, 0.5) is 17.1 Å². The van der Waals surface area contributed by atoms with Crippen LogP contribution in [0.2, 0.25) is 0 Å². The van der Waals surface area contributed by atoms with E-state index in [1.54, 1.807) is 24.3 Å². The second-order valence-electron chi connectivity index (χ2n) is 7.61. The maximum atomic E-state index is 13.1. The number of nitrogens with one attached hydrogen (secondary N) is 2. The lowest BCUT2D eigenvalue weighted by atomic mass is 10.0. The van der Waals surface area contributed by atoms with Crippen molar-refractivity contribution in [1.82, 2.24) is 0 Å². The summed E-state index contributed by atoms with van der Waals surface area (Å²) in [4.78, 5) is 36.0. The smallest absolute Gasteiger partial charge is 0.271 e. The molecule has 170 valence electrons. The average Bonchev–Trinajstić information content (AvgIpc) is 2.83. The lowest BCUT2D eigenvalue weighted by Gasteiger charge is -2.14. The molecule has 8 nitrogen and oxygen atoms in total. The van der Waals surface area contributed by atoms with Gasteiger partial charge in [-0.15, -0.1) is 0 Å². The highest BCUT2D eigenvalue weighted by atomic mass is 16.6. The summed E-state index contributed by atoms with van der Waals surface area (Å²) in [7, 11) is 0. The Labute approximate surface area is 195 Å². The second-order valence-corrected chi connectivity index (χ2v) is 7.61. The van der Waals surface area contributed by atoms with Crippen LogP contribution in [0.3, 0.4) is 0 Å². The van der Waals surface area contributed by atoms with Crippen molar-refractivity contribution in [3.8, 4) is 5.75 Å². The number of nitrogens with zero attached hydrogens (tertiary/aromatic N) is 1. The van der Waals surface area contributed by atoms with Crippen molar-refractivity contribution in [3.63, 3.8) is 0 Å². The van der Waals surface area contributed by atoms with Gasteiger partial charge in [0.1, 0.15) is 5.75 Å². The minimum atomic E-state index is -0.541. The fourth-order valence-corrected chi connectivity index (χ4v) is 3.46. The Balaban J connectivity index is 1.55. The van der Waals surface area contributed by atoms with Gasteiger partial charge in [0.15, 0.2) is 6.61 Å². The quantitative estimate of drug-likeness (QED) is 0.289. The fourth-order valence-electron chi connectivity index (χ4n) is 3.46. The number of carbonyl (C=O) groups excluding carboxylic acids is 2. The number of para-hydroxylation sites is 1. The molecule has 2 amide bonds. The summed E-state index contributed by atoms with van der Waals surface area (Å²) in [6.07, 6.45) is 0. The number of nitro benzene ring substituents is 1. The van der Waals surface area contributed by atoms with Crippen LogP contribution < -0.4 is 15.4 Å². The fraction of sp³-hybridized carbons (Fsp3) is 0.0769. The zero-order valence-corrected chi connectivity index (χ0v) is 18.3. The van der Waals surface area contributed by atoms with E-state index in [0.717, 1.165) is 16.3 Å². The van der Waals surface area contributed by atoms with Gasteiger partial charge < -0.3 is 15.4 Å². The standard InChI is InChI=1S/C26H21N3O5/c1-17-7-2-5-12-23(17)28-26(31)22-13-18-8-3-4-9-19(18)14-24(22)34-16-25(30)27-20-10-6-11-21(15-20)29(32)33/h2-15H,16H2,1H3,(H,27,30)(H,28,31). The van der Waals surface area contributed by atoms with Gasteiger partial charge >= 0.3 is 0 Å². The number of amides is 2. The molecule has 4 aromatic carbocycles. The lowest BCUT2D eigenvalue weighted by Crippen LogP contribution is -2.21. The van der Waals surface area contributed by atoms with E-state index in [-0.39, 0.29) is 35.2 Å². The summed E-state index contributed by atoms with van der Waals surface area (Å²) in [6, 6.07) is 24.0. The first-order chi connectivity index (χ1) is 16.4. The van der Waals surface area contributed by atoms with Crippen LogP contribution in [0.25, 0.3) is 10.8 Å². The number of rotatable bonds is 7. The molecule has 2 N–H and O–H groups in total. The number of anilines is 2. The largest absolute Gasteiger partial charge is 0.483 e. The molecule has 0 atom stereocenters. The van der Waals surface area contributed by atoms with Crippen molar-refractivity contribution < 1.29 is 19.2 Å². The molecule has 0 radical (unpaired) electrons. The molecule has 0 fully saturated rings. The van der Waals surface area contributed by atoms with Crippen LogP contribution in [0.15, 0.2) is 84.9 Å². The number of aryl methyl sites for hydroxylation is 1. The van der Waals surface area contributed by atoms with Crippen LogP contribution in [0.5, 0.6) is 5.75 Å². The maximum Gasteiger partial charge on any atom is 0.271 e. The van der Waals surface area contributed by atoms with Crippen LogP contribution in [0.1, 0.15) is 15.9 Å². The number of ether oxygens (including phenoxy) is 1. The van der Waals surface area contributed by atoms with Gasteiger partial charge in [0.25, 0.3) is 17.5 Å². The third-order valence-electron chi connectivity index (χ3n) is 5.19. The molecule has 8 heteroatoms. The zero-order valence-electron chi connectivity index (χ0n) is 18.3. The zero-order chi connectivity index (χ0) is 24.1. The number of carbonyl (C=O) groups is 2. The summed E-state index contributed by atoms with van der Waals surface area (Å²) in [5.41, 5.74) is 2.01. The molecule has 0 heterocycles. The lowest BCUT2D eigenvalue weighted by molar-refractivity contribution is -0.384. The summed E-state index contributed by atoms with van der Waals surface area (Å²) in [5.74, 6) is -0.632. The van der Waals surface area contributed by atoms with Crippen molar-refractivity contribution in [2.24, 2.45) is 0 Å². The topological polar surface area (TPSA) is 111 Å². The first kappa shape index (κ1) is 22.5. The van der Waals surface area contributed by atoms with Gasteiger partial charge in [-0.3, -0.25) is 19.7 Å². The number of fused-ring (bicyclic) bond motifs is 1. The Kier molecular flexibility index (Phi) is 6.49. The van der Waals surface area contributed by atoms with Crippen LogP contribution in [0, 0.1) is 17.0 Å². The van der Waals surface area contributed by atoms with Gasteiger partial charge in [-0.2, -0.15) is 0 Å². The van der Waals surface area contributed by atoms with Gasteiger partial charge in [-0.25, -0.2) is 0 Å². The van der Waals surface area contributed by atoms with E-state index >= 15 is 0 Å². The Hall–Kier alpha value is -4.72. The molecule has 34 heavy (non-hydrogen) atoms. The third-order valence-corrected chi connectivity index (χ3v) is 5.19. The summed E-state index contributed by atoms with van der Waals surface area (Å²) >= 11 is 0. The Morgan fingerprint density at radius 3 is 2.32 bits per heavy atom. The number of hydrogen-bond donors (Lipinski definition) is 2. The Bertz CT molecular complexity index is 1400. The molecule has 0 aliphatic heterocycles. The molecule has 0 unspecified atom stereocenters. The van der Waals surface area contributed by atoms with Crippen LogP contribution in [-0.4, -0.2) is 23.3 Å². The Morgan fingerprint density at radius 1 is 0.882 bits per heavy atom. The molecule has 0 saturated carbocycles. The Morgan fingerprint density at radius 2 is 1.59 bits per heavy atom. The molecular formula is C26H21N3O5. The van der Waals surface area contributed by atoms with E-state index in [1.807, 2.05) is 49.4 Å². The molecule has 0 bridgehead atoms. The number of benzene rings is 4. The molecule has 0 aliphatic carbocycles. The third kappa shape index (κ3) is 5.18.